The average Bonchev–Trinajstić information content (AvgIpc) is 3.14. The third-order valence-electron chi connectivity index (χ3n) is 9.33. The van der Waals surface area contributed by atoms with Gasteiger partial charge in [0.05, 0.1) is 25.4 Å². The highest BCUT2D eigenvalue weighted by Crippen LogP contribution is 2.22. The maximum atomic E-state index is 12.9. The minimum atomic E-state index is -1.57. The van der Waals surface area contributed by atoms with Crippen LogP contribution in [0.3, 0.4) is 0 Å². The molecule has 300 valence electrons. The molecule has 1 saturated heterocycles. The maximum Gasteiger partial charge on any atom is 0.220 e. The van der Waals surface area contributed by atoms with E-state index in [0.717, 1.165) is 57.8 Å². The van der Waals surface area contributed by atoms with Crippen LogP contribution in [0.4, 0.5) is 0 Å². The number of amides is 1. The molecule has 1 rings (SSSR count). The Labute approximate surface area is 316 Å². The fraction of sp³-hybridized carbons (Fsp3) is 0.744. The van der Waals surface area contributed by atoms with E-state index in [1.807, 2.05) is 6.08 Å². The van der Waals surface area contributed by atoms with Crippen LogP contribution in [0.25, 0.3) is 0 Å². The molecule has 9 nitrogen and oxygen atoms in total. The van der Waals surface area contributed by atoms with E-state index in [4.69, 9.17) is 9.47 Å². The van der Waals surface area contributed by atoms with Gasteiger partial charge >= 0.3 is 0 Å². The van der Waals surface area contributed by atoms with E-state index in [-0.39, 0.29) is 12.5 Å². The fourth-order valence-electron chi connectivity index (χ4n) is 6.01. The first-order valence-corrected chi connectivity index (χ1v) is 20.5. The molecule has 9 heteroatoms. The summed E-state index contributed by atoms with van der Waals surface area (Å²) in [6.45, 7) is 3.57. The molecule has 6 N–H and O–H groups in total. The number of hydrogen-bond acceptors (Lipinski definition) is 8. The van der Waals surface area contributed by atoms with Gasteiger partial charge in [-0.15, -0.1) is 0 Å². The number of unbranched alkanes of at least 4 members (excludes halogenated alkanes) is 15. The predicted molar refractivity (Wildman–Crippen MR) is 212 cm³/mol. The molecule has 0 saturated carbocycles. The van der Waals surface area contributed by atoms with Crippen LogP contribution in [0.15, 0.2) is 60.8 Å². The summed E-state index contributed by atoms with van der Waals surface area (Å²) < 4.78 is 11.1. The Bertz CT molecular complexity index is 994. The van der Waals surface area contributed by atoms with Crippen molar-refractivity contribution in [3.63, 3.8) is 0 Å². The Kier molecular flexibility index (Phi) is 30.8. The summed E-state index contributed by atoms with van der Waals surface area (Å²) in [7, 11) is 0. The lowest BCUT2D eigenvalue weighted by Crippen LogP contribution is -2.60. The van der Waals surface area contributed by atoms with Gasteiger partial charge in [0, 0.05) is 6.42 Å². The van der Waals surface area contributed by atoms with Gasteiger partial charge in [-0.2, -0.15) is 0 Å². The molecular formula is C43H75NO8. The molecule has 0 aromatic rings. The number of allylic oxidation sites excluding steroid dienone is 9. The van der Waals surface area contributed by atoms with Gasteiger partial charge in [0.25, 0.3) is 0 Å². The molecule has 0 radical (unpaired) electrons. The van der Waals surface area contributed by atoms with Crippen molar-refractivity contribution in [2.45, 2.75) is 192 Å². The Balaban J connectivity index is 2.38. The molecule has 1 heterocycles. The second-order valence-electron chi connectivity index (χ2n) is 14.1. The largest absolute Gasteiger partial charge is 0.394 e. The second-order valence-corrected chi connectivity index (χ2v) is 14.1. The monoisotopic (exact) mass is 734 g/mol. The van der Waals surface area contributed by atoms with Crippen molar-refractivity contribution in [2.24, 2.45) is 0 Å². The molecule has 1 fully saturated rings. The first-order valence-electron chi connectivity index (χ1n) is 20.5. The Morgan fingerprint density at radius 1 is 0.673 bits per heavy atom. The zero-order valence-corrected chi connectivity index (χ0v) is 32.5. The molecular weight excluding hydrogens is 658 g/mol. The van der Waals surface area contributed by atoms with E-state index in [2.05, 4.69) is 67.8 Å². The van der Waals surface area contributed by atoms with Crippen molar-refractivity contribution < 1.29 is 39.8 Å². The van der Waals surface area contributed by atoms with Gasteiger partial charge in [-0.25, -0.2) is 0 Å². The molecule has 7 atom stereocenters. The summed E-state index contributed by atoms with van der Waals surface area (Å²) in [5, 5.41) is 53.9. The average molecular weight is 734 g/mol. The van der Waals surface area contributed by atoms with Crippen LogP contribution >= 0.6 is 0 Å². The quantitative estimate of drug-likeness (QED) is 0.0235. The third kappa shape index (κ3) is 24.3. The molecule has 0 aromatic carbocycles. The number of ether oxygens (including phenoxy) is 2. The molecule has 0 aromatic heterocycles. The van der Waals surface area contributed by atoms with Crippen molar-refractivity contribution in [3.8, 4) is 0 Å². The number of hydrogen-bond donors (Lipinski definition) is 6. The van der Waals surface area contributed by atoms with Crippen LogP contribution in [0.1, 0.15) is 149 Å². The first-order chi connectivity index (χ1) is 25.3. The second kappa shape index (κ2) is 33.5. The summed E-state index contributed by atoms with van der Waals surface area (Å²) in [5.74, 6) is -0.201. The minimum absolute atomic E-state index is 0.201. The first kappa shape index (κ1) is 47.9. The smallest absolute Gasteiger partial charge is 0.220 e. The van der Waals surface area contributed by atoms with E-state index in [1.54, 1.807) is 6.08 Å². The molecule has 0 spiro atoms. The molecule has 1 amide bonds. The summed E-state index contributed by atoms with van der Waals surface area (Å²) in [5.41, 5.74) is 0. The molecule has 1 aliphatic rings. The number of nitrogens with one attached hydrogen (secondary N) is 1. The van der Waals surface area contributed by atoms with Crippen molar-refractivity contribution >= 4 is 5.91 Å². The summed E-state index contributed by atoms with van der Waals surface area (Å²) in [6.07, 6.45) is 35.6. The number of rotatable bonds is 32. The fourth-order valence-corrected chi connectivity index (χ4v) is 6.01. The zero-order valence-electron chi connectivity index (χ0n) is 32.5. The van der Waals surface area contributed by atoms with Gasteiger partial charge in [0.15, 0.2) is 6.29 Å². The number of aliphatic hydroxyl groups excluding tert-OH is 5. The Morgan fingerprint density at radius 3 is 1.79 bits per heavy atom. The lowest BCUT2D eigenvalue weighted by atomic mass is 9.99. The normalized spacial score (nSPS) is 22.5. The standard InChI is InChI=1S/C43H75NO8/c1-3-5-7-9-11-13-15-16-17-18-19-20-21-22-23-25-27-29-31-33-39(47)44-36(35-51-43-42(50)41(49)40(48)38(34-45)52-43)37(46)32-30-28-26-24-14-12-10-8-6-4-2/h6,8,11,13-16,24,30,32,36-38,40-43,45-46,48-50H,3-5,7,9-10,12,17-23,25-29,31,33-35H2,1-2H3,(H,44,47)/b8-6+,13-11-,16-15-,24-14+,32-30+. The predicted octanol–water partition coefficient (Wildman–Crippen LogP) is 7.66. The molecule has 1 aliphatic heterocycles. The van der Waals surface area contributed by atoms with Gasteiger partial charge in [-0.05, 0) is 64.2 Å². The van der Waals surface area contributed by atoms with Crippen LogP contribution in [0.2, 0.25) is 0 Å². The molecule has 0 aliphatic carbocycles. The number of carbonyl (C=O) groups is 1. The Hall–Kier alpha value is -2.11. The van der Waals surface area contributed by atoms with Gasteiger partial charge in [0.2, 0.25) is 5.91 Å². The van der Waals surface area contributed by atoms with Gasteiger partial charge < -0.3 is 40.3 Å². The van der Waals surface area contributed by atoms with Crippen LogP contribution in [0.5, 0.6) is 0 Å². The SMILES string of the molecule is CC/C=C/CC/C=C/CC/C=C/C(O)C(COC1OC(CO)C(O)C(O)C1O)NC(=O)CCCCCCCCCCCC/C=C\C=C/CCCCC. The summed E-state index contributed by atoms with van der Waals surface area (Å²) in [4.78, 5) is 12.9. The van der Waals surface area contributed by atoms with E-state index in [0.29, 0.717) is 6.42 Å². The van der Waals surface area contributed by atoms with Crippen LogP contribution in [-0.2, 0) is 14.3 Å². The van der Waals surface area contributed by atoms with E-state index in [9.17, 15) is 30.3 Å². The van der Waals surface area contributed by atoms with Gasteiger partial charge in [0.1, 0.15) is 24.4 Å². The molecule has 0 bridgehead atoms. The van der Waals surface area contributed by atoms with Crippen LogP contribution in [-0.4, -0.2) is 87.5 Å². The molecule has 52 heavy (non-hydrogen) atoms. The van der Waals surface area contributed by atoms with Gasteiger partial charge in [-0.1, -0.05) is 139 Å². The minimum Gasteiger partial charge on any atom is -0.394 e. The van der Waals surface area contributed by atoms with Crippen LogP contribution < -0.4 is 5.32 Å². The van der Waals surface area contributed by atoms with Crippen LogP contribution in [0, 0.1) is 0 Å². The van der Waals surface area contributed by atoms with E-state index < -0.39 is 49.5 Å². The summed E-state index contributed by atoms with van der Waals surface area (Å²) >= 11 is 0. The lowest BCUT2D eigenvalue weighted by Gasteiger charge is -2.40. The topological polar surface area (TPSA) is 149 Å². The number of carbonyl (C=O) groups excluding carboxylic acids is 1. The van der Waals surface area contributed by atoms with Crippen molar-refractivity contribution in [1.29, 1.82) is 0 Å². The maximum absolute atomic E-state index is 12.9. The zero-order chi connectivity index (χ0) is 38.1. The summed E-state index contributed by atoms with van der Waals surface area (Å²) in [6, 6.07) is -0.829. The van der Waals surface area contributed by atoms with E-state index in [1.165, 1.54) is 70.6 Å². The number of aliphatic hydroxyl groups is 5. The third-order valence-corrected chi connectivity index (χ3v) is 9.33. The Morgan fingerprint density at radius 2 is 1.21 bits per heavy atom. The van der Waals surface area contributed by atoms with Crippen molar-refractivity contribution in [2.75, 3.05) is 13.2 Å². The van der Waals surface area contributed by atoms with Crippen molar-refractivity contribution in [1.82, 2.24) is 5.32 Å². The molecule has 7 unspecified atom stereocenters. The highest BCUT2D eigenvalue weighted by Gasteiger charge is 2.44. The lowest BCUT2D eigenvalue weighted by molar-refractivity contribution is -0.302. The van der Waals surface area contributed by atoms with Crippen molar-refractivity contribution in [3.05, 3.63) is 60.8 Å². The van der Waals surface area contributed by atoms with Gasteiger partial charge in [-0.3, -0.25) is 4.79 Å². The van der Waals surface area contributed by atoms with E-state index >= 15 is 0 Å². The highest BCUT2D eigenvalue weighted by molar-refractivity contribution is 5.76. The highest BCUT2D eigenvalue weighted by atomic mass is 16.7.